The summed E-state index contributed by atoms with van der Waals surface area (Å²) in [4.78, 5) is 18.4. The number of nitrogen functional groups attached to an aromatic ring is 1. The van der Waals surface area contributed by atoms with E-state index in [1.54, 1.807) is 0 Å². The molecule has 3 N–H and O–H groups in total. The molecule has 1 aliphatic rings. The van der Waals surface area contributed by atoms with E-state index < -0.39 is 0 Å². The van der Waals surface area contributed by atoms with E-state index in [-0.39, 0.29) is 5.56 Å². The molecule has 1 heterocycles. The van der Waals surface area contributed by atoms with Crippen molar-refractivity contribution in [3.8, 4) is 0 Å². The minimum Gasteiger partial charge on any atom is -0.383 e. The largest absolute Gasteiger partial charge is 0.383 e. The predicted octanol–water partition coefficient (Wildman–Crippen LogP) is 2.43. The van der Waals surface area contributed by atoms with Crippen molar-refractivity contribution in [3.63, 3.8) is 0 Å². The van der Waals surface area contributed by atoms with Crippen molar-refractivity contribution in [1.29, 1.82) is 0 Å². The van der Waals surface area contributed by atoms with Crippen molar-refractivity contribution >= 4 is 5.82 Å². The molecule has 1 aromatic rings. The number of nitrogens with zero attached hydrogens (tertiary/aromatic N) is 1. The Morgan fingerprint density at radius 3 is 2.71 bits per heavy atom. The van der Waals surface area contributed by atoms with Gasteiger partial charge in [-0.25, -0.2) is 4.98 Å². The lowest BCUT2D eigenvalue weighted by molar-refractivity contribution is 0.302. The lowest BCUT2D eigenvalue weighted by Crippen LogP contribution is -2.19. The molecule has 0 radical (unpaired) electrons. The summed E-state index contributed by atoms with van der Waals surface area (Å²) in [5.74, 6) is 2.37. The maximum atomic E-state index is 11.3. The highest BCUT2D eigenvalue weighted by atomic mass is 16.1. The lowest BCUT2D eigenvalue weighted by atomic mass is 9.80. The van der Waals surface area contributed by atoms with Crippen LogP contribution in [0.3, 0.4) is 0 Å². The van der Waals surface area contributed by atoms with Crippen LogP contribution in [-0.2, 0) is 0 Å². The monoisotopic (exact) mass is 235 g/mol. The zero-order valence-corrected chi connectivity index (χ0v) is 10.4. The average molecular weight is 235 g/mol. The molecule has 0 bridgehead atoms. The first kappa shape index (κ1) is 12.1. The number of rotatable bonds is 3. The van der Waals surface area contributed by atoms with Crippen molar-refractivity contribution in [2.45, 2.75) is 51.4 Å². The van der Waals surface area contributed by atoms with E-state index in [9.17, 15) is 4.79 Å². The molecule has 0 spiro atoms. The highest BCUT2D eigenvalue weighted by Gasteiger charge is 2.23. The number of H-pyrrole nitrogens is 1. The number of hydrogen-bond acceptors (Lipinski definition) is 3. The van der Waals surface area contributed by atoms with E-state index in [0.717, 1.165) is 24.6 Å². The first-order valence-corrected chi connectivity index (χ1v) is 6.55. The molecule has 1 aliphatic carbocycles. The van der Waals surface area contributed by atoms with Gasteiger partial charge in [-0.2, -0.15) is 0 Å². The van der Waals surface area contributed by atoms with Gasteiger partial charge in [-0.05, 0) is 31.6 Å². The first-order chi connectivity index (χ1) is 8.19. The maximum absolute atomic E-state index is 11.3. The summed E-state index contributed by atoms with van der Waals surface area (Å²) in [6.07, 6.45) is 7.33. The van der Waals surface area contributed by atoms with Gasteiger partial charge in [0.2, 0.25) is 0 Å². The Kier molecular flexibility index (Phi) is 3.82. The van der Waals surface area contributed by atoms with Gasteiger partial charge in [-0.1, -0.05) is 19.8 Å². The van der Waals surface area contributed by atoms with Gasteiger partial charge >= 0.3 is 0 Å². The SMILES string of the molecule is CCCC1CCC(c2nc(N)cc(=O)[nH]2)CC1. The van der Waals surface area contributed by atoms with Crippen molar-refractivity contribution in [3.05, 3.63) is 22.2 Å². The number of nitrogens with one attached hydrogen (secondary N) is 1. The molecule has 1 saturated carbocycles. The standard InChI is InChI=1S/C13H21N3O/c1-2-3-9-4-6-10(7-5-9)13-15-11(14)8-12(17)16-13/h8-10H,2-7H2,1H3,(H3,14,15,16,17). The van der Waals surface area contributed by atoms with Gasteiger partial charge in [-0.3, -0.25) is 4.79 Å². The van der Waals surface area contributed by atoms with Crippen molar-refractivity contribution in [2.75, 3.05) is 5.73 Å². The molecule has 0 atom stereocenters. The first-order valence-electron chi connectivity index (χ1n) is 6.55. The second-order valence-corrected chi connectivity index (χ2v) is 5.06. The Balaban J connectivity index is 2.02. The van der Waals surface area contributed by atoms with Gasteiger partial charge in [0, 0.05) is 12.0 Å². The zero-order chi connectivity index (χ0) is 12.3. The molecule has 0 saturated heterocycles. The molecule has 2 rings (SSSR count). The van der Waals surface area contributed by atoms with E-state index in [2.05, 4.69) is 16.9 Å². The molecule has 17 heavy (non-hydrogen) atoms. The fourth-order valence-electron chi connectivity index (χ4n) is 2.82. The van der Waals surface area contributed by atoms with Crippen LogP contribution in [0.2, 0.25) is 0 Å². The van der Waals surface area contributed by atoms with Gasteiger partial charge < -0.3 is 10.7 Å². The van der Waals surface area contributed by atoms with Crippen LogP contribution in [0.5, 0.6) is 0 Å². The van der Waals surface area contributed by atoms with Crippen LogP contribution in [0.1, 0.15) is 57.2 Å². The minimum atomic E-state index is -0.136. The van der Waals surface area contributed by atoms with Crippen LogP contribution in [0.15, 0.2) is 10.9 Å². The van der Waals surface area contributed by atoms with Crippen LogP contribution < -0.4 is 11.3 Å². The maximum Gasteiger partial charge on any atom is 0.252 e. The Morgan fingerprint density at radius 1 is 1.41 bits per heavy atom. The number of nitrogens with two attached hydrogens (primary N) is 1. The normalized spacial score (nSPS) is 24.8. The van der Waals surface area contributed by atoms with Crippen LogP contribution >= 0.6 is 0 Å². The number of aromatic nitrogens is 2. The van der Waals surface area contributed by atoms with Crippen molar-refractivity contribution in [2.24, 2.45) is 5.92 Å². The summed E-state index contributed by atoms with van der Waals surface area (Å²) in [6.45, 7) is 2.24. The van der Waals surface area contributed by atoms with E-state index in [1.807, 2.05) is 0 Å². The zero-order valence-electron chi connectivity index (χ0n) is 10.4. The molecule has 1 aromatic heterocycles. The van der Waals surface area contributed by atoms with E-state index in [4.69, 9.17) is 5.73 Å². The second kappa shape index (κ2) is 5.34. The van der Waals surface area contributed by atoms with Gasteiger partial charge in [-0.15, -0.1) is 0 Å². The molecular weight excluding hydrogens is 214 g/mol. The molecule has 0 aliphatic heterocycles. The van der Waals surface area contributed by atoms with Gasteiger partial charge in [0.1, 0.15) is 11.6 Å². The quantitative estimate of drug-likeness (QED) is 0.845. The third kappa shape index (κ3) is 3.08. The third-order valence-electron chi connectivity index (χ3n) is 3.71. The van der Waals surface area contributed by atoms with E-state index in [0.29, 0.717) is 11.7 Å². The second-order valence-electron chi connectivity index (χ2n) is 5.06. The molecule has 4 nitrogen and oxygen atoms in total. The molecule has 0 unspecified atom stereocenters. The Labute approximate surface area is 102 Å². The fourth-order valence-corrected chi connectivity index (χ4v) is 2.82. The van der Waals surface area contributed by atoms with Gasteiger partial charge in [0.25, 0.3) is 5.56 Å². The van der Waals surface area contributed by atoms with E-state index >= 15 is 0 Å². The summed E-state index contributed by atoms with van der Waals surface area (Å²) in [5, 5.41) is 0. The molecular formula is C13H21N3O. The van der Waals surface area contributed by atoms with Crippen molar-refractivity contribution in [1.82, 2.24) is 9.97 Å². The predicted molar refractivity (Wildman–Crippen MR) is 68.9 cm³/mol. The Bertz CT molecular complexity index is 419. The van der Waals surface area contributed by atoms with E-state index in [1.165, 1.54) is 31.7 Å². The summed E-state index contributed by atoms with van der Waals surface area (Å²) in [7, 11) is 0. The molecule has 4 heteroatoms. The van der Waals surface area contributed by atoms with Gasteiger partial charge in [0.05, 0.1) is 0 Å². The molecule has 0 amide bonds. The van der Waals surface area contributed by atoms with Gasteiger partial charge in [0.15, 0.2) is 0 Å². The minimum absolute atomic E-state index is 0.136. The van der Waals surface area contributed by atoms with Crippen LogP contribution in [0.4, 0.5) is 5.82 Å². The number of aromatic amines is 1. The molecule has 94 valence electrons. The summed E-state index contributed by atoms with van der Waals surface area (Å²) in [6, 6.07) is 1.34. The average Bonchev–Trinajstić information content (AvgIpc) is 2.29. The summed E-state index contributed by atoms with van der Waals surface area (Å²) >= 11 is 0. The van der Waals surface area contributed by atoms with Crippen molar-refractivity contribution < 1.29 is 0 Å². The molecule has 1 fully saturated rings. The van der Waals surface area contributed by atoms with Crippen LogP contribution in [-0.4, -0.2) is 9.97 Å². The third-order valence-corrected chi connectivity index (χ3v) is 3.71. The molecule has 0 aromatic carbocycles. The van der Waals surface area contributed by atoms with Crippen LogP contribution in [0, 0.1) is 5.92 Å². The summed E-state index contributed by atoms with van der Waals surface area (Å²) in [5.41, 5.74) is 5.47. The topological polar surface area (TPSA) is 71.8 Å². The Hall–Kier alpha value is -1.32. The smallest absolute Gasteiger partial charge is 0.252 e. The highest BCUT2D eigenvalue weighted by molar-refractivity contribution is 5.26. The number of hydrogen-bond donors (Lipinski definition) is 2. The lowest BCUT2D eigenvalue weighted by Gasteiger charge is -2.27. The van der Waals surface area contributed by atoms with Crippen LogP contribution in [0.25, 0.3) is 0 Å². The number of anilines is 1. The summed E-state index contributed by atoms with van der Waals surface area (Å²) < 4.78 is 0. The fraction of sp³-hybridized carbons (Fsp3) is 0.692. The Morgan fingerprint density at radius 2 is 2.12 bits per heavy atom. The highest BCUT2D eigenvalue weighted by Crippen LogP contribution is 2.35.